The summed E-state index contributed by atoms with van der Waals surface area (Å²) in [4.78, 5) is 15.2. The number of piperidine rings is 1. The normalized spacial score (nSPS) is 16.3. The van der Waals surface area contributed by atoms with Crippen LogP contribution in [0.2, 0.25) is 0 Å². The zero-order chi connectivity index (χ0) is 13.8. The standard InChI is InChI=1S/C13H15N3O2S2/c17-12(8-11-2-1-7-19-11)16-5-3-10(4-6-16)18-13-15-14-9-20-13/h1-2,7,9-10H,3-6,8H2. The van der Waals surface area contributed by atoms with Crippen LogP contribution in [0.5, 0.6) is 5.19 Å². The minimum absolute atomic E-state index is 0.147. The van der Waals surface area contributed by atoms with E-state index in [1.807, 2.05) is 22.4 Å². The van der Waals surface area contributed by atoms with Crippen LogP contribution in [0.4, 0.5) is 0 Å². The Kier molecular flexibility index (Phi) is 4.27. The molecule has 1 fully saturated rings. The van der Waals surface area contributed by atoms with E-state index in [0.29, 0.717) is 11.6 Å². The number of carbonyl (C=O) groups excluding carboxylic acids is 1. The van der Waals surface area contributed by atoms with Crippen molar-refractivity contribution in [2.45, 2.75) is 25.4 Å². The Labute approximate surface area is 125 Å². The van der Waals surface area contributed by atoms with E-state index in [1.54, 1.807) is 16.8 Å². The molecule has 3 rings (SSSR count). The lowest BCUT2D eigenvalue weighted by atomic mass is 10.1. The second kappa shape index (κ2) is 6.32. The van der Waals surface area contributed by atoms with Crippen molar-refractivity contribution in [3.8, 4) is 5.19 Å². The van der Waals surface area contributed by atoms with Crippen LogP contribution < -0.4 is 4.74 Å². The quantitative estimate of drug-likeness (QED) is 0.869. The van der Waals surface area contributed by atoms with Crippen LogP contribution in [0.3, 0.4) is 0 Å². The molecule has 1 amide bonds. The molecular formula is C13H15N3O2S2. The first-order valence-corrected chi connectivity index (χ1v) is 8.30. The summed E-state index contributed by atoms with van der Waals surface area (Å²) < 4.78 is 5.74. The second-order valence-electron chi connectivity index (χ2n) is 4.66. The maximum atomic E-state index is 12.2. The fraction of sp³-hybridized carbons (Fsp3) is 0.462. The molecule has 0 aliphatic carbocycles. The van der Waals surface area contributed by atoms with Crippen molar-refractivity contribution in [2.24, 2.45) is 0 Å². The summed E-state index contributed by atoms with van der Waals surface area (Å²) >= 11 is 3.04. The topological polar surface area (TPSA) is 55.3 Å². The predicted octanol–water partition coefficient (Wildman–Crippen LogP) is 2.21. The summed E-state index contributed by atoms with van der Waals surface area (Å²) in [6.45, 7) is 1.52. The number of rotatable bonds is 4. The predicted molar refractivity (Wildman–Crippen MR) is 78.2 cm³/mol. The van der Waals surface area contributed by atoms with Gasteiger partial charge >= 0.3 is 0 Å². The first-order chi connectivity index (χ1) is 9.81. The number of thiophene rings is 1. The molecule has 1 saturated heterocycles. The van der Waals surface area contributed by atoms with Gasteiger partial charge in [0.2, 0.25) is 5.91 Å². The van der Waals surface area contributed by atoms with Crippen LogP contribution >= 0.6 is 22.7 Å². The number of hydrogen-bond acceptors (Lipinski definition) is 6. The lowest BCUT2D eigenvalue weighted by Crippen LogP contribution is -2.42. The van der Waals surface area contributed by atoms with Gasteiger partial charge in [-0.25, -0.2) is 0 Å². The minimum atomic E-state index is 0.147. The van der Waals surface area contributed by atoms with Gasteiger partial charge in [-0.2, -0.15) is 0 Å². The van der Waals surface area contributed by atoms with Crippen molar-refractivity contribution in [3.63, 3.8) is 0 Å². The smallest absolute Gasteiger partial charge is 0.294 e. The van der Waals surface area contributed by atoms with E-state index in [1.165, 1.54) is 11.3 Å². The Hall–Kier alpha value is -1.47. The summed E-state index contributed by atoms with van der Waals surface area (Å²) in [6, 6.07) is 3.99. The highest BCUT2D eigenvalue weighted by atomic mass is 32.1. The zero-order valence-electron chi connectivity index (χ0n) is 10.9. The highest BCUT2D eigenvalue weighted by Crippen LogP contribution is 2.20. The first-order valence-electron chi connectivity index (χ1n) is 6.54. The molecule has 0 radical (unpaired) electrons. The van der Waals surface area contributed by atoms with Gasteiger partial charge in [0.15, 0.2) is 0 Å². The molecule has 0 atom stereocenters. The first kappa shape index (κ1) is 13.5. The Morgan fingerprint density at radius 2 is 2.25 bits per heavy atom. The van der Waals surface area contributed by atoms with Crippen molar-refractivity contribution in [1.82, 2.24) is 15.1 Å². The van der Waals surface area contributed by atoms with E-state index in [4.69, 9.17) is 4.74 Å². The van der Waals surface area contributed by atoms with Crippen molar-refractivity contribution >= 4 is 28.6 Å². The molecular weight excluding hydrogens is 294 g/mol. The maximum absolute atomic E-state index is 12.2. The molecule has 2 aromatic rings. The molecule has 2 aromatic heterocycles. The largest absolute Gasteiger partial charge is 0.465 e. The fourth-order valence-electron chi connectivity index (χ4n) is 2.25. The minimum Gasteiger partial charge on any atom is -0.465 e. The average molecular weight is 309 g/mol. The van der Waals surface area contributed by atoms with Crippen LogP contribution in [0, 0.1) is 0 Å². The highest BCUT2D eigenvalue weighted by Gasteiger charge is 2.24. The highest BCUT2D eigenvalue weighted by molar-refractivity contribution is 7.11. The number of aromatic nitrogens is 2. The Morgan fingerprint density at radius 3 is 2.90 bits per heavy atom. The molecule has 20 heavy (non-hydrogen) atoms. The molecule has 0 bridgehead atoms. The molecule has 0 unspecified atom stereocenters. The molecule has 7 heteroatoms. The number of carbonyl (C=O) groups is 1. The molecule has 1 aliphatic rings. The van der Waals surface area contributed by atoms with Gasteiger partial charge in [0.05, 0.1) is 6.42 Å². The Balaban J connectivity index is 1.47. The van der Waals surface area contributed by atoms with Gasteiger partial charge in [-0.1, -0.05) is 17.4 Å². The molecule has 106 valence electrons. The second-order valence-corrected chi connectivity index (χ2v) is 6.49. The lowest BCUT2D eigenvalue weighted by molar-refractivity contribution is -0.132. The van der Waals surface area contributed by atoms with Gasteiger partial charge < -0.3 is 9.64 Å². The summed E-state index contributed by atoms with van der Waals surface area (Å²) in [5.41, 5.74) is 1.66. The Bertz CT molecular complexity index is 534. The van der Waals surface area contributed by atoms with Gasteiger partial charge in [0.1, 0.15) is 11.6 Å². The van der Waals surface area contributed by atoms with Crippen LogP contribution in [0.15, 0.2) is 23.0 Å². The third-order valence-corrected chi connectivity index (χ3v) is 4.76. The number of likely N-dealkylation sites (tertiary alicyclic amines) is 1. The maximum Gasteiger partial charge on any atom is 0.294 e. The average Bonchev–Trinajstić information content (AvgIpc) is 3.13. The summed E-state index contributed by atoms with van der Waals surface area (Å²) in [6.07, 6.45) is 2.37. The SMILES string of the molecule is O=C(Cc1cccs1)N1CCC(Oc2nncs2)CC1. The molecule has 0 aromatic carbocycles. The third-order valence-electron chi connectivity index (χ3n) is 3.31. The number of amides is 1. The van der Waals surface area contributed by atoms with Crippen molar-refractivity contribution < 1.29 is 9.53 Å². The van der Waals surface area contributed by atoms with Gasteiger partial charge in [0, 0.05) is 30.8 Å². The van der Waals surface area contributed by atoms with Crippen molar-refractivity contribution in [3.05, 3.63) is 27.9 Å². The molecule has 0 spiro atoms. The number of ether oxygens (including phenoxy) is 1. The lowest BCUT2D eigenvalue weighted by Gasteiger charge is -2.31. The van der Waals surface area contributed by atoms with Gasteiger partial charge in [-0.05, 0) is 11.4 Å². The number of nitrogens with zero attached hydrogens (tertiary/aromatic N) is 3. The Morgan fingerprint density at radius 1 is 1.40 bits per heavy atom. The van der Waals surface area contributed by atoms with Crippen molar-refractivity contribution in [1.29, 1.82) is 0 Å². The van der Waals surface area contributed by atoms with E-state index in [9.17, 15) is 4.79 Å². The summed E-state index contributed by atoms with van der Waals surface area (Å²) in [5.74, 6) is 0.210. The third kappa shape index (κ3) is 3.34. The van der Waals surface area contributed by atoms with Gasteiger partial charge in [-0.15, -0.1) is 21.5 Å². The van der Waals surface area contributed by atoms with E-state index in [0.717, 1.165) is 30.8 Å². The summed E-state index contributed by atoms with van der Waals surface area (Å²) in [5, 5.41) is 10.3. The fourth-order valence-corrected chi connectivity index (χ4v) is 3.42. The molecule has 1 aliphatic heterocycles. The van der Waals surface area contributed by atoms with Crippen LogP contribution in [0.1, 0.15) is 17.7 Å². The van der Waals surface area contributed by atoms with E-state index >= 15 is 0 Å². The summed E-state index contributed by atoms with van der Waals surface area (Å²) in [7, 11) is 0. The van der Waals surface area contributed by atoms with Gasteiger partial charge in [0.25, 0.3) is 5.19 Å². The monoisotopic (exact) mass is 309 g/mol. The molecule has 0 N–H and O–H groups in total. The molecule has 5 nitrogen and oxygen atoms in total. The van der Waals surface area contributed by atoms with Crippen LogP contribution in [-0.4, -0.2) is 40.2 Å². The van der Waals surface area contributed by atoms with Crippen LogP contribution in [-0.2, 0) is 11.2 Å². The van der Waals surface area contributed by atoms with Crippen molar-refractivity contribution in [2.75, 3.05) is 13.1 Å². The molecule has 0 saturated carbocycles. The molecule has 3 heterocycles. The van der Waals surface area contributed by atoms with E-state index < -0.39 is 0 Å². The van der Waals surface area contributed by atoms with E-state index in [2.05, 4.69) is 10.2 Å². The van der Waals surface area contributed by atoms with Crippen LogP contribution in [0.25, 0.3) is 0 Å². The van der Waals surface area contributed by atoms with Gasteiger partial charge in [-0.3, -0.25) is 4.79 Å². The van der Waals surface area contributed by atoms with E-state index in [-0.39, 0.29) is 12.0 Å². The number of hydrogen-bond donors (Lipinski definition) is 0. The zero-order valence-corrected chi connectivity index (χ0v) is 12.5.